The Morgan fingerprint density at radius 1 is 1.33 bits per heavy atom. The molecule has 3 heterocycles. The number of nitro groups is 1. The topological polar surface area (TPSA) is 104 Å². The first kappa shape index (κ1) is 10.3. The van der Waals surface area contributed by atoms with E-state index in [1.165, 1.54) is 15.3 Å². The van der Waals surface area contributed by atoms with Crippen LogP contribution in [-0.4, -0.2) is 34.3 Å². The Balaban J connectivity index is 2.24. The summed E-state index contributed by atoms with van der Waals surface area (Å²) in [6.07, 6.45) is 2.76. The van der Waals surface area contributed by atoms with Gasteiger partial charge in [-0.25, -0.2) is 9.55 Å². The van der Waals surface area contributed by atoms with Crippen LogP contribution in [0.2, 0.25) is 0 Å². The van der Waals surface area contributed by atoms with Crippen LogP contribution < -0.4 is 0 Å². The molecule has 0 atom stereocenters. The molecule has 0 aliphatic rings. The lowest BCUT2D eigenvalue weighted by molar-refractivity contribution is -0.391. The maximum Gasteiger partial charge on any atom is 0.343 e. The fraction of sp³-hybridized carbons (Fsp3) is 0.111. The Kier molecular flexibility index (Phi) is 2.06. The lowest BCUT2D eigenvalue weighted by Gasteiger charge is -1.96. The molecule has 0 spiro atoms. The van der Waals surface area contributed by atoms with Gasteiger partial charge in [0.05, 0.1) is 7.05 Å². The van der Waals surface area contributed by atoms with E-state index in [1.807, 2.05) is 0 Å². The van der Waals surface area contributed by atoms with Gasteiger partial charge in [0.25, 0.3) is 5.82 Å². The first-order chi connectivity index (χ1) is 8.68. The normalized spacial score (nSPS) is 10.9. The molecule has 0 amide bonds. The van der Waals surface area contributed by atoms with Gasteiger partial charge in [0.15, 0.2) is 5.65 Å². The highest BCUT2D eigenvalue weighted by Crippen LogP contribution is 2.20. The molecule has 0 fully saturated rings. The third-order valence-electron chi connectivity index (χ3n) is 2.53. The van der Waals surface area contributed by atoms with Gasteiger partial charge in [-0.15, -0.1) is 10.2 Å². The zero-order chi connectivity index (χ0) is 12.7. The van der Waals surface area contributed by atoms with Gasteiger partial charge in [0.2, 0.25) is 5.82 Å². The molecule has 0 radical (unpaired) electrons. The molecule has 0 saturated heterocycles. The van der Waals surface area contributed by atoms with E-state index in [0.717, 1.165) is 0 Å². The number of hydrogen-bond donors (Lipinski definition) is 0. The molecule has 0 unspecified atom stereocenters. The van der Waals surface area contributed by atoms with E-state index in [-0.39, 0.29) is 5.82 Å². The third kappa shape index (κ3) is 1.34. The second kappa shape index (κ2) is 3.58. The van der Waals surface area contributed by atoms with E-state index in [9.17, 15) is 10.1 Å². The highest BCUT2D eigenvalue weighted by Gasteiger charge is 2.22. The van der Waals surface area contributed by atoms with Crippen molar-refractivity contribution in [3.63, 3.8) is 0 Å². The van der Waals surface area contributed by atoms with Gasteiger partial charge in [0, 0.05) is 6.20 Å². The standard InChI is InChI=1S/C9H7N7O2/c1-14-7(16(17)18)5-10-8(14)9-13-12-6-3-2-4-11-15(6)9/h2-5H,1H3. The van der Waals surface area contributed by atoms with Crippen molar-refractivity contribution in [3.8, 4) is 11.6 Å². The smallest absolute Gasteiger partial charge is 0.343 e. The molecule has 3 aromatic heterocycles. The Bertz CT molecular complexity index is 744. The van der Waals surface area contributed by atoms with Gasteiger partial charge >= 0.3 is 5.82 Å². The summed E-state index contributed by atoms with van der Waals surface area (Å²) in [4.78, 5) is 14.2. The molecule has 3 aromatic rings. The summed E-state index contributed by atoms with van der Waals surface area (Å²) in [7, 11) is 1.55. The summed E-state index contributed by atoms with van der Waals surface area (Å²) in [5, 5.41) is 22.7. The molecule has 0 aliphatic carbocycles. The second-order valence-electron chi connectivity index (χ2n) is 3.57. The van der Waals surface area contributed by atoms with Gasteiger partial charge in [-0.3, -0.25) is 0 Å². The van der Waals surface area contributed by atoms with Crippen molar-refractivity contribution < 1.29 is 4.92 Å². The number of aromatic nitrogens is 6. The summed E-state index contributed by atoms with van der Waals surface area (Å²) < 4.78 is 2.82. The molecular weight excluding hydrogens is 238 g/mol. The molecule has 9 nitrogen and oxygen atoms in total. The minimum atomic E-state index is -0.507. The summed E-state index contributed by atoms with van der Waals surface area (Å²) in [5.41, 5.74) is 0.554. The SMILES string of the molecule is Cn1c([N+](=O)[O-])cnc1-c1nnc2cccnn12. The van der Waals surface area contributed by atoms with E-state index in [0.29, 0.717) is 17.3 Å². The van der Waals surface area contributed by atoms with Crippen LogP contribution in [0.4, 0.5) is 5.82 Å². The van der Waals surface area contributed by atoms with Crippen molar-refractivity contribution in [2.45, 2.75) is 0 Å². The minimum absolute atomic E-state index is 0.113. The van der Waals surface area contributed by atoms with Gasteiger partial charge < -0.3 is 10.1 Å². The zero-order valence-electron chi connectivity index (χ0n) is 9.26. The van der Waals surface area contributed by atoms with Crippen LogP contribution in [0.5, 0.6) is 0 Å². The summed E-state index contributed by atoms with van der Waals surface area (Å²) >= 11 is 0. The van der Waals surface area contributed by atoms with Gasteiger partial charge in [-0.05, 0) is 17.1 Å². The number of rotatable bonds is 2. The molecule has 0 aliphatic heterocycles. The number of imidazole rings is 1. The van der Waals surface area contributed by atoms with Crippen LogP contribution in [0.25, 0.3) is 17.3 Å². The number of nitrogens with zero attached hydrogens (tertiary/aromatic N) is 7. The molecule has 0 saturated carbocycles. The van der Waals surface area contributed by atoms with Crippen molar-refractivity contribution in [1.82, 2.24) is 29.4 Å². The molecule has 0 aromatic carbocycles. The predicted molar refractivity (Wildman–Crippen MR) is 59.6 cm³/mol. The molecule has 90 valence electrons. The van der Waals surface area contributed by atoms with Crippen LogP contribution in [0, 0.1) is 10.1 Å². The van der Waals surface area contributed by atoms with Crippen LogP contribution in [-0.2, 0) is 7.05 Å². The van der Waals surface area contributed by atoms with Crippen LogP contribution in [0.15, 0.2) is 24.5 Å². The zero-order valence-corrected chi connectivity index (χ0v) is 9.26. The van der Waals surface area contributed by atoms with E-state index >= 15 is 0 Å². The van der Waals surface area contributed by atoms with Gasteiger partial charge in [0.1, 0.15) is 6.20 Å². The minimum Gasteiger partial charge on any atom is -0.358 e. The van der Waals surface area contributed by atoms with Crippen molar-refractivity contribution >= 4 is 11.5 Å². The Morgan fingerprint density at radius 3 is 2.89 bits per heavy atom. The fourth-order valence-electron chi connectivity index (χ4n) is 1.66. The summed E-state index contributed by atoms with van der Waals surface area (Å²) in [6, 6.07) is 3.47. The van der Waals surface area contributed by atoms with Crippen molar-refractivity contribution in [3.05, 3.63) is 34.6 Å². The molecule has 9 heteroatoms. The lowest BCUT2D eigenvalue weighted by Crippen LogP contribution is -2.02. The highest BCUT2D eigenvalue weighted by atomic mass is 16.6. The van der Waals surface area contributed by atoms with Crippen LogP contribution in [0.3, 0.4) is 0 Å². The summed E-state index contributed by atoms with van der Waals surface area (Å²) in [6.45, 7) is 0. The lowest BCUT2D eigenvalue weighted by atomic mass is 10.5. The first-order valence-corrected chi connectivity index (χ1v) is 5.01. The molecular formula is C9H7N7O2. The Labute approximate surface area is 99.9 Å². The maximum absolute atomic E-state index is 10.8. The van der Waals surface area contributed by atoms with Crippen molar-refractivity contribution in [2.24, 2.45) is 7.05 Å². The van der Waals surface area contributed by atoms with E-state index < -0.39 is 4.92 Å². The second-order valence-corrected chi connectivity index (χ2v) is 3.57. The van der Waals surface area contributed by atoms with Crippen LogP contribution in [0.1, 0.15) is 0 Å². The van der Waals surface area contributed by atoms with E-state index in [1.54, 1.807) is 25.4 Å². The van der Waals surface area contributed by atoms with E-state index in [4.69, 9.17) is 0 Å². The fourth-order valence-corrected chi connectivity index (χ4v) is 1.66. The summed E-state index contributed by atoms with van der Waals surface area (Å²) in [5.74, 6) is 0.590. The largest absolute Gasteiger partial charge is 0.358 e. The first-order valence-electron chi connectivity index (χ1n) is 5.01. The molecule has 0 N–H and O–H groups in total. The maximum atomic E-state index is 10.8. The van der Waals surface area contributed by atoms with Gasteiger partial charge in [-0.2, -0.15) is 9.61 Å². The third-order valence-corrected chi connectivity index (χ3v) is 2.53. The monoisotopic (exact) mass is 245 g/mol. The highest BCUT2D eigenvalue weighted by molar-refractivity contribution is 5.52. The van der Waals surface area contributed by atoms with Crippen molar-refractivity contribution in [1.29, 1.82) is 0 Å². The van der Waals surface area contributed by atoms with Gasteiger partial charge in [-0.1, -0.05) is 0 Å². The number of hydrogen-bond acceptors (Lipinski definition) is 6. The van der Waals surface area contributed by atoms with E-state index in [2.05, 4.69) is 20.3 Å². The Morgan fingerprint density at radius 2 is 2.17 bits per heavy atom. The number of fused-ring (bicyclic) bond motifs is 1. The molecule has 0 bridgehead atoms. The quantitative estimate of drug-likeness (QED) is 0.479. The molecule has 18 heavy (non-hydrogen) atoms. The average molecular weight is 245 g/mol. The average Bonchev–Trinajstić information content (AvgIpc) is 2.92. The predicted octanol–water partition coefficient (Wildman–Crippen LogP) is 0.433. The van der Waals surface area contributed by atoms with Crippen molar-refractivity contribution in [2.75, 3.05) is 0 Å². The Hall–Kier alpha value is -2.84. The van der Waals surface area contributed by atoms with Crippen LogP contribution >= 0.6 is 0 Å². The molecule has 3 rings (SSSR count).